The Balaban J connectivity index is 2.11. The molecule has 0 spiro atoms. The van der Waals surface area contributed by atoms with Crippen molar-refractivity contribution < 1.29 is 0 Å². The zero-order chi connectivity index (χ0) is 12.2. The number of thiazole rings is 1. The van der Waals surface area contributed by atoms with Gasteiger partial charge < -0.3 is 0 Å². The highest BCUT2D eigenvalue weighted by molar-refractivity contribution is 7.13. The summed E-state index contributed by atoms with van der Waals surface area (Å²) in [5, 5.41) is 2.93. The topological polar surface area (TPSA) is 16.1 Å². The zero-order valence-electron chi connectivity index (χ0n) is 9.65. The lowest BCUT2D eigenvalue weighted by Gasteiger charge is -2.21. The van der Waals surface area contributed by atoms with Gasteiger partial charge in [0.15, 0.2) is 5.13 Å². The zero-order valence-corrected chi connectivity index (χ0v) is 10.5. The molecule has 0 saturated carbocycles. The Kier molecular flexibility index (Phi) is 3.07. The Morgan fingerprint density at radius 3 is 2.50 bits per heavy atom. The maximum Gasteiger partial charge on any atom is 0.194 e. The molecule has 3 aromatic rings. The first kappa shape index (κ1) is 11.0. The average Bonchev–Trinajstić information content (AvgIpc) is 2.95. The standard InChI is InChI=1S/C15H11N2S/c1-3-7-13(8-4-1)17(15-16-11-12-18-15)14-9-5-2-6-10-14/h1-9,11-12H. The monoisotopic (exact) mass is 251 g/mol. The van der Waals surface area contributed by atoms with E-state index in [1.54, 1.807) is 11.3 Å². The molecule has 0 atom stereocenters. The van der Waals surface area contributed by atoms with E-state index in [1.807, 2.05) is 54.0 Å². The van der Waals surface area contributed by atoms with Crippen LogP contribution < -0.4 is 4.90 Å². The second kappa shape index (κ2) is 5.02. The van der Waals surface area contributed by atoms with Gasteiger partial charge >= 0.3 is 0 Å². The van der Waals surface area contributed by atoms with E-state index in [0.717, 1.165) is 16.5 Å². The molecule has 0 amide bonds. The van der Waals surface area contributed by atoms with Crippen LogP contribution in [0.5, 0.6) is 0 Å². The summed E-state index contributed by atoms with van der Waals surface area (Å²) in [6.07, 6.45) is 1.82. The Morgan fingerprint density at radius 1 is 1.00 bits per heavy atom. The molecule has 2 nitrogen and oxygen atoms in total. The van der Waals surface area contributed by atoms with Crippen LogP contribution in [0, 0.1) is 6.07 Å². The van der Waals surface area contributed by atoms with Crippen LogP contribution in [0.2, 0.25) is 0 Å². The van der Waals surface area contributed by atoms with Gasteiger partial charge in [-0.2, -0.15) is 0 Å². The first-order valence-corrected chi connectivity index (χ1v) is 6.54. The van der Waals surface area contributed by atoms with Crippen molar-refractivity contribution in [1.29, 1.82) is 0 Å². The second-order valence-electron chi connectivity index (χ2n) is 3.73. The number of hydrogen-bond donors (Lipinski definition) is 0. The minimum absolute atomic E-state index is 0.948. The maximum absolute atomic E-state index is 4.39. The fourth-order valence-corrected chi connectivity index (χ4v) is 2.45. The molecular weight excluding hydrogens is 240 g/mol. The predicted molar refractivity (Wildman–Crippen MR) is 75.6 cm³/mol. The summed E-state index contributed by atoms with van der Waals surface area (Å²) >= 11 is 1.62. The first-order chi connectivity index (χ1) is 8.95. The number of rotatable bonds is 3. The van der Waals surface area contributed by atoms with Crippen LogP contribution in [-0.2, 0) is 0 Å². The number of para-hydroxylation sites is 2. The quantitative estimate of drug-likeness (QED) is 0.685. The maximum atomic E-state index is 4.39. The summed E-state index contributed by atoms with van der Waals surface area (Å²) in [7, 11) is 0. The number of hydrogen-bond acceptors (Lipinski definition) is 3. The van der Waals surface area contributed by atoms with Crippen molar-refractivity contribution in [2.45, 2.75) is 0 Å². The normalized spacial score (nSPS) is 10.2. The van der Waals surface area contributed by atoms with Gasteiger partial charge in [0.2, 0.25) is 0 Å². The summed E-state index contributed by atoms with van der Waals surface area (Å²) in [6.45, 7) is 0. The summed E-state index contributed by atoms with van der Waals surface area (Å²) < 4.78 is 0. The van der Waals surface area contributed by atoms with E-state index < -0.39 is 0 Å². The molecule has 0 saturated heterocycles. The van der Waals surface area contributed by atoms with Crippen LogP contribution >= 0.6 is 11.3 Å². The van der Waals surface area contributed by atoms with E-state index in [2.05, 4.69) is 28.1 Å². The first-order valence-electron chi connectivity index (χ1n) is 5.66. The van der Waals surface area contributed by atoms with Crippen molar-refractivity contribution in [3.8, 4) is 0 Å². The molecule has 3 heteroatoms. The van der Waals surface area contributed by atoms with Crippen molar-refractivity contribution in [3.05, 3.63) is 72.2 Å². The molecule has 1 radical (unpaired) electrons. The third-order valence-corrected chi connectivity index (χ3v) is 3.32. The van der Waals surface area contributed by atoms with Crippen molar-refractivity contribution in [2.75, 3.05) is 4.90 Å². The number of anilines is 3. The predicted octanol–water partition coefficient (Wildman–Crippen LogP) is 4.41. The third-order valence-electron chi connectivity index (χ3n) is 2.56. The largest absolute Gasteiger partial charge is 0.286 e. The van der Waals surface area contributed by atoms with Gasteiger partial charge in [0.1, 0.15) is 0 Å². The van der Waals surface area contributed by atoms with Crippen LogP contribution in [0.3, 0.4) is 0 Å². The van der Waals surface area contributed by atoms with Gasteiger partial charge in [-0.3, -0.25) is 4.90 Å². The average molecular weight is 251 g/mol. The van der Waals surface area contributed by atoms with Crippen molar-refractivity contribution in [1.82, 2.24) is 4.98 Å². The molecule has 0 unspecified atom stereocenters. The Morgan fingerprint density at radius 2 is 1.83 bits per heavy atom. The molecule has 1 heterocycles. The molecule has 0 N–H and O–H groups in total. The minimum atomic E-state index is 0.948. The number of nitrogens with zero attached hydrogens (tertiary/aromatic N) is 2. The fraction of sp³-hybridized carbons (Fsp3) is 0. The molecule has 3 rings (SSSR count). The highest BCUT2D eigenvalue weighted by Gasteiger charge is 2.13. The van der Waals surface area contributed by atoms with Crippen LogP contribution in [0.15, 0.2) is 66.2 Å². The van der Waals surface area contributed by atoms with Crippen LogP contribution in [0.25, 0.3) is 0 Å². The van der Waals surface area contributed by atoms with E-state index >= 15 is 0 Å². The molecule has 0 bridgehead atoms. The Labute approximate surface area is 110 Å². The second-order valence-corrected chi connectivity index (χ2v) is 4.61. The van der Waals surface area contributed by atoms with Crippen molar-refractivity contribution in [2.24, 2.45) is 0 Å². The van der Waals surface area contributed by atoms with Crippen LogP contribution in [-0.4, -0.2) is 4.98 Å². The summed E-state index contributed by atoms with van der Waals surface area (Å²) in [5.74, 6) is 0. The van der Waals surface area contributed by atoms with E-state index in [1.165, 1.54) is 0 Å². The Bertz CT molecular complexity index is 551. The molecule has 0 aliphatic heterocycles. The third kappa shape index (κ3) is 2.13. The summed E-state index contributed by atoms with van der Waals surface area (Å²) in [5.41, 5.74) is 2.09. The fourth-order valence-electron chi connectivity index (χ4n) is 1.78. The SMILES string of the molecule is [c]1ccccc1N(c1ccccc1)c1nccs1. The molecule has 87 valence electrons. The summed E-state index contributed by atoms with van der Waals surface area (Å²) in [4.78, 5) is 6.50. The smallest absolute Gasteiger partial charge is 0.194 e. The highest BCUT2D eigenvalue weighted by atomic mass is 32.1. The minimum Gasteiger partial charge on any atom is -0.286 e. The summed E-state index contributed by atoms with van der Waals surface area (Å²) in [6, 6.07) is 21.4. The molecular formula is C15H11N2S. The molecule has 0 aliphatic rings. The molecule has 0 aliphatic carbocycles. The lowest BCUT2D eigenvalue weighted by atomic mass is 10.2. The van der Waals surface area contributed by atoms with E-state index in [9.17, 15) is 0 Å². The molecule has 2 aromatic carbocycles. The van der Waals surface area contributed by atoms with Gasteiger partial charge in [-0.25, -0.2) is 4.98 Å². The van der Waals surface area contributed by atoms with Crippen LogP contribution in [0.4, 0.5) is 16.5 Å². The van der Waals surface area contributed by atoms with Crippen molar-refractivity contribution in [3.63, 3.8) is 0 Å². The molecule has 18 heavy (non-hydrogen) atoms. The lowest BCUT2D eigenvalue weighted by molar-refractivity contribution is 1.23. The van der Waals surface area contributed by atoms with Gasteiger partial charge in [0.05, 0.1) is 5.69 Å². The lowest BCUT2D eigenvalue weighted by Crippen LogP contribution is -2.09. The van der Waals surface area contributed by atoms with E-state index in [-0.39, 0.29) is 0 Å². The van der Waals surface area contributed by atoms with Crippen LogP contribution in [0.1, 0.15) is 0 Å². The van der Waals surface area contributed by atoms with E-state index in [4.69, 9.17) is 0 Å². The number of benzene rings is 2. The number of aromatic nitrogens is 1. The van der Waals surface area contributed by atoms with E-state index in [0.29, 0.717) is 0 Å². The molecule has 1 aromatic heterocycles. The van der Waals surface area contributed by atoms with Gasteiger partial charge in [-0.15, -0.1) is 11.3 Å². The van der Waals surface area contributed by atoms with Gasteiger partial charge in [-0.05, 0) is 18.2 Å². The highest BCUT2D eigenvalue weighted by Crippen LogP contribution is 2.34. The molecule has 0 fully saturated rings. The van der Waals surface area contributed by atoms with Gasteiger partial charge in [0.25, 0.3) is 0 Å². The Hall–Kier alpha value is -2.13. The van der Waals surface area contributed by atoms with Crippen molar-refractivity contribution >= 4 is 27.8 Å². The van der Waals surface area contributed by atoms with Gasteiger partial charge in [0, 0.05) is 23.3 Å². The van der Waals surface area contributed by atoms with Gasteiger partial charge in [-0.1, -0.05) is 36.4 Å².